The van der Waals surface area contributed by atoms with Crippen molar-refractivity contribution in [3.63, 3.8) is 0 Å². The fraction of sp³-hybridized carbons (Fsp3) is 0.385. The second-order valence-electron chi connectivity index (χ2n) is 4.99. The van der Waals surface area contributed by atoms with Gasteiger partial charge in [-0.05, 0) is 24.5 Å². The Bertz CT molecular complexity index is 741. The van der Waals surface area contributed by atoms with E-state index in [1.54, 1.807) is 24.3 Å². The molecule has 1 heterocycles. The predicted octanol–water partition coefficient (Wildman–Crippen LogP) is 2.22. The Morgan fingerprint density at radius 3 is 2.81 bits per heavy atom. The standard InChI is InChI=1S/C13H14ClN3O3S/c14-11-4-2-1-3-10(11)8-21(18,19)15-7-12-16-13(17-20-12)9-5-6-9/h1-4,9,15H,5-8H2. The number of nitrogens with zero attached hydrogens (tertiary/aromatic N) is 2. The molecule has 21 heavy (non-hydrogen) atoms. The molecular formula is C13H14ClN3O3S. The van der Waals surface area contributed by atoms with E-state index >= 15 is 0 Å². The molecule has 1 fully saturated rings. The minimum atomic E-state index is -3.51. The van der Waals surface area contributed by atoms with Crippen LogP contribution < -0.4 is 4.72 Å². The maximum Gasteiger partial charge on any atom is 0.241 e. The molecule has 0 spiro atoms. The van der Waals surface area contributed by atoms with Gasteiger partial charge in [-0.15, -0.1) is 0 Å². The largest absolute Gasteiger partial charge is 0.338 e. The molecule has 0 unspecified atom stereocenters. The molecule has 1 saturated carbocycles. The average Bonchev–Trinajstić information content (AvgIpc) is 3.18. The Labute approximate surface area is 127 Å². The van der Waals surface area contributed by atoms with Crippen LogP contribution in [0.1, 0.15) is 36.0 Å². The van der Waals surface area contributed by atoms with Crippen molar-refractivity contribution in [3.8, 4) is 0 Å². The molecule has 0 amide bonds. The van der Waals surface area contributed by atoms with Gasteiger partial charge in [0.25, 0.3) is 0 Å². The summed E-state index contributed by atoms with van der Waals surface area (Å²) in [6.45, 7) is -0.00743. The summed E-state index contributed by atoms with van der Waals surface area (Å²) in [6.07, 6.45) is 2.13. The van der Waals surface area contributed by atoms with Gasteiger partial charge in [0.05, 0.1) is 12.3 Å². The molecule has 112 valence electrons. The molecule has 0 saturated heterocycles. The summed E-state index contributed by atoms with van der Waals surface area (Å²) < 4.78 is 31.5. The third-order valence-corrected chi connectivity index (χ3v) is 4.82. The van der Waals surface area contributed by atoms with Gasteiger partial charge in [-0.25, -0.2) is 13.1 Å². The lowest BCUT2D eigenvalue weighted by molar-refractivity contribution is 0.370. The summed E-state index contributed by atoms with van der Waals surface area (Å²) in [5, 5.41) is 4.26. The molecule has 1 aliphatic rings. The molecule has 1 aliphatic carbocycles. The van der Waals surface area contributed by atoms with E-state index in [4.69, 9.17) is 16.1 Å². The minimum absolute atomic E-state index is 0.00743. The van der Waals surface area contributed by atoms with Crippen molar-refractivity contribution in [3.05, 3.63) is 46.6 Å². The zero-order valence-corrected chi connectivity index (χ0v) is 12.7. The van der Waals surface area contributed by atoms with Gasteiger partial charge in [0.15, 0.2) is 5.82 Å². The molecule has 1 aromatic carbocycles. The number of aromatic nitrogens is 2. The van der Waals surface area contributed by atoms with Crippen LogP contribution in [0.2, 0.25) is 5.02 Å². The monoisotopic (exact) mass is 327 g/mol. The summed E-state index contributed by atoms with van der Waals surface area (Å²) >= 11 is 5.96. The van der Waals surface area contributed by atoms with Crippen LogP contribution in [-0.4, -0.2) is 18.6 Å². The van der Waals surface area contributed by atoms with Crippen LogP contribution >= 0.6 is 11.6 Å². The number of sulfonamides is 1. The van der Waals surface area contributed by atoms with E-state index in [1.807, 2.05) is 0 Å². The summed E-state index contributed by atoms with van der Waals surface area (Å²) in [7, 11) is -3.51. The topological polar surface area (TPSA) is 85.1 Å². The molecular weight excluding hydrogens is 314 g/mol. The summed E-state index contributed by atoms with van der Waals surface area (Å²) in [5.41, 5.74) is 0.552. The molecule has 0 radical (unpaired) electrons. The fourth-order valence-electron chi connectivity index (χ4n) is 1.89. The Morgan fingerprint density at radius 1 is 1.33 bits per heavy atom. The molecule has 1 aromatic heterocycles. The normalized spacial score (nSPS) is 15.3. The second-order valence-corrected chi connectivity index (χ2v) is 7.21. The molecule has 6 nitrogen and oxygen atoms in total. The van der Waals surface area contributed by atoms with Gasteiger partial charge in [-0.2, -0.15) is 4.98 Å². The highest BCUT2D eigenvalue weighted by Crippen LogP contribution is 2.38. The predicted molar refractivity (Wildman–Crippen MR) is 77.2 cm³/mol. The SMILES string of the molecule is O=S(=O)(Cc1ccccc1Cl)NCc1nc(C2CC2)no1. The number of benzene rings is 1. The van der Waals surface area contributed by atoms with Gasteiger partial charge in [-0.3, -0.25) is 0 Å². The lowest BCUT2D eigenvalue weighted by Crippen LogP contribution is -2.25. The van der Waals surface area contributed by atoms with Gasteiger partial charge < -0.3 is 4.52 Å². The van der Waals surface area contributed by atoms with Crippen LogP contribution in [0.15, 0.2) is 28.8 Å². The number of halogens is 1. The van der Waals surface area contributed by atoms with Crippen LogP contribution in [0.4, 0.5) is 0 Å². The molecule has 8 heteroatoms. The lowest BCUT2D eigenvalue weighted by Gasteiger charge is -2.06. The molecule has 0 bridgehead atoms. The van der Waals surface area contributed by atoms with Crippen molar-refractivity contribution in [1.29, 1.82) is 0 Å². The highest BCUT2D eigenvalue weighted by atomic mass is 35.5. The number of nitrogens with one attached hydrogen (secondary N) is 1. The Kier molecular flexibility index (Phi) is 3.97. The van der Waals surface area contributed by atoms with E-state index in [9.17, 15) is 8.42 Å². The molecule has 2 aromatic rings. The van der Waals surface area contributed by atoms with Crippen LogP contribution in [0.25, 0.3) is 0 Å². The van der Waals surface area contributed by atoms with Gasteiger partial charge >= 0.3 is 0 Å². The van der Waals surface area contributed by atoms with E-state index in [-0.39, 0.29) is 18.2 Å². The van der Waals surface area contributed by atoms with Gasteiger partial charge in [0.1, 0.15) is 0 Å². The lowest BCUT2D eigenvalue weighted by atomic mass is 10.2. The van der Waals surface area contributed by atoms with Gasteiger partial charge in [-0.1, -0.05) is 35.0 Å². The highest BCUT2D eigenvalue weighted by Gasteiger charge is 2.28. The first kappa shape index (κ1) is 14.5. The van der Waals surface area contributed by atoms with Crippen LogP contribution in [0.5, 0.6) is 0 Å². The summed E-state index contributed by atoms with van der Waals surface area (Å²) in [6, 6.07) is 6.84. The first-order valence-electron chi connectivity index (χ1n) is 6.57. The number of hydrogen-bond acceptors (Lipinski definition) is 5. The van der Waals surface area contributed by atoms with Crippen molar-refractivity contribution in [2.45, 2.75) is 31.1 Å². The van der Waals surface area contributed by atoms with E-state index < -0.39 is 10.0 Å². The first-order valence-corrected chi connectivity index (χ1v) is 8.60. The van der Waals surface area contributed by atoms with Crippen LogP contribution in [-0.2, 0) is 22.3 Å². The third-order valence-electron chi connectivity index (χ3n) is 3.17. The molecule has 0 aliphatic heterocycles. The summed E-state index contributed by atoms with van der Waals surface area (Å²) in [5.74, 6) is 1.13. The first-order chi connectivity index (χ1) is 10.0. The van der Waals surface area contributed by atoms with Crippen molar-refractivity contribution < 1.29 is 12.9 Å². The van der Waals surface area contributed by atoms with Crippen molar-refractivity contribution >= 4 is 21.6 Å². The minimum Gasteiger partial charge on any atom is -0.338 e. The van der Waals surface area contributed by atoms with Crippen molar-refractivity contribution in [1.82, 2.24) is 14.9 Å². The average molecular weight is 328 g/mol. The molecule has 1 N–H and O–H groups in total. The van der Waals surface area contributed by atoms with Gasteiger partial charge in [0, 0.05) is 10.9 Å². The van der Waals surface area contributed by atoms with E-state index in [1.165, 1.54) is 0 Å². The zero-order valence-electron chi connectivity index (χ0n) is 11.1. The van der Waals surface area contributed by atoms with Crippen molar-refractivity contribution in [2.24, 2.45) is 0 Å². The van der Waals surface area contributed by atoms with Gasteiger partial charge in [0.2, 0.25) is 15.9 Å². The molecule has 3 rings (SSSR count). The van der Waals surface area contributed by atoms with E-state index in [0.717, 1.165) is 12.8 Å². The van der Waals surface area contributed by atoms with E-state index in [0.29, 0.717) is 22.3 Å². The Balaban J connectivity index is 1.61. The van der Waals surface area contributed by atoms with Crippen LogP contribution in [0.3, 0.4) is 0 Å². The van der Waals surface area contributed by atoms with E-state index in [2.05, 4.69) is 14.9 Å². The summed E-state index contributed by atoms with van der Waals surface area (Å²) in [4.78, 5) is 4.17. The number of rotatable bonds is 6. The maximum absolute atomic E-state index is 12.0. The highest BCUT2D eigenvalue weighted by molar-refractivity contribution is 7.88. The Morgan fingerprint density at radius 2 is 2.10 bits per heavy atom. The quantitative estimate of drug-likeness (QED) is 0.879. The fourth-order valence-corrected chi connectivity index (χ4v) is 3.28. The van der Waals surface area contributed by atoms with Crippen molar-refractivity contribution in [2.75, 3.05) is 0 Å². The third kappa shape index (κ3) is 3.81. The second kappa shape index (κ2) is 5.75. The Hall–Kier alpha value is -1.44. The smallest absolute Gasteiger partial charge is 0.241 e. The van der Waals surface area contributed by atoms with Crippen LogP contribution in [0, 0.1) is 0 Å². The molecule has 0 atom stereocenters. The zero-order chi connectivity index (χ0) is 14.9. The maximum atomic E-state index is 12.0. The number of hydrogen-bond donors (Lipinski definition) is 1.